The molecule has 11 heteroatoms. The number of thioether (sulfide) groups is 1. The van der Waals surface area contributed by atoms with Crippen molar-refractivity contribution >= 4 is 52.9 Å². The third kappa shape index (κ3) is 5.72. The molecule has 6 nitrogen and oxygen atoms in total. The standard InChI is InChI=1S/C24H22F2N4O2S2.ClH/c25-15-6-1-13(2-7-15)3-8-20(31)16-9-19-21(10-17(16)26)33-12-18(27)24(32)30(19)11-22-28-29-23(34-22)14-4-5-14;/h1-2,6-7,9-10,14,18H,3-5,8,11-12,27H2;1H/t18-;/m0./s1. The largest absolute Gasteiger partial charge is 0.319 e. The normalized spacial score (nSPS) is 17.5. The Labute approximate surface area is 215 Å². The fraction of sp³-hybridized carbons (Fsp3) is 0.333. The first-order chi connectivity index (χ1) is 16.4. The number of anilines is 1. The summed E-state index contributed by atoms with van der Waals surface area (Å²) in [4.78, 5) is 28.1. The molecule has 1 saturated carbocycles. The lowest BCUT2D eigenvalue weighted by Crippen LogP contribution is -2.44. The van der Waals surface area contributed by atoms with E-state index in [4.69, 9.17) is 5.73 Å². The number of ketones is 1. The predicted molar refractivity (Wildman–Crippen MR) is 134 cm³/mol. The first-order valence-electron chi connectivity index (χ1n) is 11.0. The predicted octanol–water partition coefficient (Wildman–Crippen LogP) is 4.90. The van der Waals surface area contributed by atoms with Crippen LogP contribution in [0.25, 0.3) is 0 Å². The second kappa shape index (κ2) is 10.7. The Morgan fingerprint density at radius 1 is 1.14 bits per heavy atom. The highest BCUT2D eigenvalue weighted by molar-refractivity contribution is 7.99. The Kier molecular flexibility index (Phi) is 7.85. The quantitative estimate of drug-likeness (QED) is 0.432. The van der Waals surface area contributed by atoms with Crippen molar-refractivity contribution in [3.8, 4) is 0 Å². The zero-order valence-corrected chi connectivity index (χ0v) is 21.0. The Morgan fingerprint density at radius 2 is 1.89 bits per heavy atom. The number of carbonyl (C=O) groups is 2. The van der Waals surface area contributed by atoms with E-state index in [0.29, 0.717) is 33.7 Å². The molecule has 1 aliphatic heterocycles. The van der Waals surface area contributed by atoms with Crippen molar-refractivity contribution in [1.82, 2.24) is 10.2 Å². The number of nitrogens with two attached hydrogens (primary N) is 1. The van der Waals surface area contributed by atoms with Crippen molar-refractivity contribution in [3.05, 3.63) is 69.2 Å². The van der Waals surface area contributed by atoms with Gasteiger partial charge in [-0.25, -0.2) is 8.78 Å². The average Bonchev–Trinajstić information content (AvgIpc) is 3.59. The molecule has 2 heterocycles. The Hall–Kier alpha value is -2.40. The maximum Gasteiger partial charge on any atom is 0.245 e. The van der Waals surface area contributed by atoms with Gasteiger partial charge in [0.25, 0.3) is 0 Å². The number of rotatable bonds is 7. The maximum atomic E-state index is 14.9. The van der Waals surface area contributed by atoms with E-state index >= 15 is 0 Å². The number of nitrogens with zero attached hydrogens (tertiary/aromatic N) is 3. The fourth-order valence-corrected chi connectivity index (χ4v) is 5.83. The Bertz CT molecular complexity index is 1250. The van der Waals surface area contributed by atoms with E-state index in [-0.39, 0.29) is 48.4 Å². The molecular formula is C24H23ClF2N4O2S2. The van der Waals surface area contributed by atoms with Crippen LogP contribution in [0, 0.1) is 11.6 Å². The van der Waals surface area contributed by atoms with E-state index in [1.54, 1.807) is 12.1 Å². The van der Waals surface area contributed by atoms with Crippen molar-refractivity contribution in [2.24, 2.45) is 5.73 Å². The van der Waals surface area contributed by atoms with Crippen LogP contribution in [0.1, 0.15) is 51.1 Å². The van der Waals surface area contributed by atoms with Crippen LogP contribution >= 0.6 is 35.5 Å². The third-order valence-corrected chi connectivity index (χ3v) is 8.13. The summed E-state index contributed by atoms with van der Waals surface area (Å²) in [5.41, 5.74) is 7.25. The summed E-state index contributed by atoms with van der Waals surface area (Å²) >= 11 is 2.77. The number of carbonyl (C=O) groups excluding carboxylic acids is 2. The molecule has 2 N–H and O–H groups in total. The van der Waals surface area contributed by atoms with E-state index in [1.807, 2.05) is 0 Å². The van der Waals surface area contributed by atoms with Gasteiger partial charge in [-0.1, -0.05) is 23.5 Å². The number of hydrogen-bond donors (Lipinski definition) is 1. The van der Waals surface area contributed by atoms with Crippen LogP contribution in [0.4, 0.5) is 14.5 Å². The number of benzene rings is 2. The highest BCUT2D eigenvalue weighted by Gasteiger charge is 2.32. The van der Waals surface area contributed by atoms with Crippen LogP contribution in [0.2, 0.25) is 0 Å². The zero-order valence-electron chi connectivity index (χ0n) is 18.6. The van der Waals surface area contributed by atoms with Crippen LogP contribution in [-0.2, 0) is 17.8 Å². The molecule has 0 saturated heterocycles. The van der Waals surface area contributed by atoms with Crippen LogP contribution in [0.15, 0.2) is 41.3 Å². The Morgan fingerprint density at radius 3 is 2.60 bits per heavy atom. The second-order valence-corrected chi connectivity index (χ2v) is 10.7. The van der Waals surface area contributed by atoms with Crippen molar-refractivity contribution in [2.45, 2.75) is 49.1 Å². The molecule has 0 unspecified atom stereocenters. The van der Waals surface area contributed by atoms with E-state index < -0.39 is 11.9 Å². The van der Waals surface area contributed by atoms with Gasteiger partial charge in [0.1, 0.15) is 21.6 Å². The summed E-state index contributed by atoms with van der Waals surface area (Å²) < 4.78 is 28.1. The highest BCUT2D eigenvalue weighted by atomic mass is 35.5. The third-order valence-electron chi connectivity index (χ3n) is 5.90. The van der Waals surface area contributed by atoms with Crippen molar-refractivity contribution in [3.63, 3.8) is 0 Å². The monoisotopic (exact) mass is 536 g/mol. The van der Waals surface area contributed by atoms with Gasteiger partial charge >= 0.3 is 0 Å². The van der Waals surface area contributed by atoms with Gasteiger partial charge in [-0.2, -0.15) is 0 Å². The first-order valence-corrected chi connectivity index (χ1v) is 12.8. The minimum atomic E-state index is -0.756. The van der Waals surface area contributed by atoms with Gasteiger partial charge in [-0.3, -0.25) is 9.59 Å². The lowest BCUT2D eigenvalue weighted by molar-refractivity contribution is -0.119. The van der Waals surface area contributed by atoms with Gasteiger partial charge in [0.05, 0.1) is 23.8 Å². The summed E-state index contributed by atoms with van der Waals surface area (Å²) in [5, 5.41) is 10.1. The van der Waals surface area contributed by atoms with E-state index in [1.165, 1.54) is 52.3 Å². The molecule has 1 fully saturated rings. The summed E-state index contributed by atoms with van der Waals surface area (Å²) in [5.74, 6) is -0.913. The molecule has 35 heavy (non-hydrogen) atoms. The SMILES string of the molecule is Cl.N[C@H]1CSc2cc(F)c(C(=O)CCc3ccc(F)cc3)cc2N(Cc2nnc(C3CC3)s2)C1=O. The van der Waals surface area contributed by atoms with Gasteiger partial charge in [0.2, 0.25) is 5.91 Å². The zero-order chi connectivity index (χ0) is 23.8. The Balaban J connectivity index is 0.00000289. The minimum absolute atomic E-state index is 0. The topological polar surface area (TPSA) is 89.2 Å². The van der Waals surface area contributed by atoms with Crippen LogP contribution in [-0.4, -0.2) is 33.7 Å². The molecule has 1 aromatic heterocycles. The molecule has 0 spiro atoms. The summed E-state index contributed by atoms with van der Waals surface area (Å²) in [6, 6.07) is 7.86. The molecule has 0 radical (unpaired) electrons. The van der Waals surface area contributed by atoms with E-state index in [9.17, 15) is 18.4 Å². The number of amides is 1. The first kappa shape index (κ1) is 25.7. The number of fused-ring (bicyclic) bond motifs is 1. The molecular weight excluding hydrogens is 514 g/mol. The molecule has 2 aromatic carbocycles. The number of aryl methyl sites for hydroxylation is 1. The van der Waals surface area contributed by atoms with Crippen LogP contribution in [0.3, 0.4) is 0 Å². The molecule has 0 bridgehead atoms. The molecule has 1 aliphatic carbocycles. The maximum absolute atomic E-state index is 14.9. The lowest BCUT2D eigenvalue weighted by Gasteiger charge is -2.23. The summed E-state index contributed by atoms with van der Waals surface area (Å²) in [7, 11) is 0. The van der Waals surface area contributed by atoms with E-state index in [0.717, 1.165) is 23.4 Å². The molecule has 5 rings (SSSR count). The van der Waals surface area contributed by atoms with Gasteiger partial charge in [0, 0.05) is 23.0 Å². The fourth-order valence-electron chi connectivity index (χ4n) is 3.82. The lowest BCUT2D eigenvalue weighted by atomic mass is 10.0. The van der Waals surface area contributed by atoms with Crippen LogP contribution < -0.4 is 10.6 Å². The van der Waals surface area contributed by atoms with Crippen LogP contribution in [0.5, 0.6) is 0 Å². The summed E-state index contributed by atoms with van der Waals surface area (Å²) in [6.45, 7) is 0.166. The smallest absolute Gasteiger partial charge is 0.245 e. The summed E-state index contributed by atoms with van der Waals surface area (Å²) in [6.07, 6.45) is 2.62. The molecule has 1 atom stereocenters. The molecule has 1 amide bonds. The van der Waals surface area contributed by atoms with Gasteiger partial charge < -0.3 is 10.6 Å². The van der Waals surface area contributed by atoms with Gasteiger partial charge in [-0.15, -0.1) is 34.4 Å². The number of aromatic nitrogens is 2. The average molecular weight is 537 g/mol. The van der Waals surface area contributed by atoms with Gasteiger partial charge in [-0.05, 0) is 49.1 Å². The molecule has 2 aliphatic rings. The molecule has 184 valence electrons. The second-order valence-electron chi connectivity index (χ2n) is 8.50. The van der Waals surface area contributed by atoms with Crippen molar-refractivity contribution < 1.29 is 18.4 Å². The number of halogens is 3. The van der Waals surface area contributed by atoms with Crippen molar-refractivity contribution in [1.29, 1.82) is 0 Å². The molecule has 3 aromatic rings. The number of hydrogen-bond acceptors (Lipinski definition) is 7. The van der Waals surface area contributed by atoms with E-state index in [2.05, 4.69) is 10.2 Å². The number of Topliss-reactive ketones (excluding diaryl/α,β-unsaturated/α-hetero) is 1. The van der Waals surface area contributed by atoms with Crippen molar-refractivity contribution in [2.75, 3.05) is 10.7 Å². The van der Waals surface area contributed by atoms with Gasteiger partial charge in [0.15, 0.2) is 5.78 Å². The minimum Gasteiger partial charge on any atom is -0.319 e. The highest BCUT2D eigenvalue weighted by Crippen LogP contribution is 2.42.